The molecule has 0 aromatic heterocycles. The van der Waals surface area contributed by atoms with E-state index in [9.17, 15) is 4.79 Å². The van der Waals surface area contributed by atoms with E-state index in [4.69, 9.17) is 4.74 Å². The van der Waals surface area contributed by atoms with Gasteiger partial charge in [0, 0.05) is 13.1 Å². The van der Waals surface area contributed by atoms with Crippen LogP contribution in [0.25, 0.3) is 0 Å². The number of fused-ring (bicyclic) bond motifs is 3. The van der Waals surface area contributed by atoms with Crippen molar-refractivity contribution in [1.29, 1.82) is 0 Å². The van der Waals surface area contributed by atoms with Gasteiger partial charge in [-0.1, -0.05) is 6.08 Å². The van der Waals surface area contributed by atoms with E-state index in [-0.39, 0.29) is 5.97 Å². The molecule has 4 nitrogen and oxygen atoms in total. The minimum atomic E-state index is -0.501. The molecule has 0 radical (unpaired) electrons. The number of carbonyl (C=O) groups is 1. The van der Waals surface area contributed by atoms with Gasteiger partial charge in [-0.05, 0) is 31.8 Å². The first kappa shape index (κ1) is 11.6. The molecule has 3 aliphatic heterocycles. The summed E-state index contributed by atoms with van der Waals surface area (Å²) >= 11 is 0. The van der Waals surface area contributed by atoms with E-state index in [1.807, 2.05) is 0 Å². The summed E-state index contributed by atoms with van der Waals surface area (Å²) in [6.45, 7) is 7.34. The zero-order chi connectivity index (χ0) is 11.6. The number of ether oxygens (including phenoxy) is 1. The van der Waals surface area contributed by atoms with Crippen molar-refractivity contribution in [2.45, 2.75) is 18.4 Å². The van der Waals surface area contributed by atoms with Gasteiger partial charge in [-0.25, -0.2) is 4.79 Å². The molecular formula is C12H20N2O2. The fourth-order valence-electron chi connectivity index (χ4n) is 3.01. The normalized spacial score (nSPS) is 37.1. The highest BCUT2D eigenvalue weighted by Gasteiger charge is 2.52. The van der Waals surface area contributed by atoms with Crippen LogP contribution in [0.5, 0.6) is 0 Å². The monoisotopic (exact) mass is 224 g/mol. The summed E-state index contributed by atoms with van der Waals surface area (Å²) in [6, 6.07) is 0. The lowest BCUT2D eigenvalue weighted by molar-refractivity contribution is -0.157. The van der Waals surface area contributed by atoms with Crippen molar-refractivity contribution in [2.75, 3.05) is 33.3 Å². The third kappa shape index (κ3) is 1.76. The molecule has 2 bridgehead atoms. The van der Waals surface area contributed by atoms with E-state index in [2.05, 4.69) is 16.8 Å². The van der Waals surface area contributed by atoms with Crippen molar-refractivity contribution in [1.82, 2.24) is 10.2 Å². The first-order chi connectivity index (χ1) is 7.73. The minimum Gasteiger partial charge on any atom is -0.468 e. The average molecular weight is 224 g/mol. The van der Waals surface area contributed by atoms with Crippen molar-refractivity contribution < 1.29 is 9.53 Å². The van der Waals surface area contributed by atoms with E-state index in [0.29, 0.717) is 12.5 Å². The van der Waals surface area contributed by atoms with Crippen LogP contribution in [-0.4, -0.2) is 49.7 Å². The van der Waals surface area contributed by atoms with Gasteiger partial charge in [-0.2, -0.15) is 0 Å². The molecule has 3 saturated heterocycles. The number of carbonyl (C=O) groups excluding carboxylic acids is 1. The zero-order valence-corrected chi connectivity index (χ0v) is 9.87. The van der Waals surface area contributed by atoms with Crippen molar-refractivity contribution >= 4 is 5.97 Å². The summed E-state index contributed by atoms with van der Waals surface area (Å²) in [4.78, 5) is 14.4. The van der Waals surface area contributed by atoms with Crippen molar-refractivity contribution in [2.24, 2.45) is 5.92 Å². The van der Waals surface area contributed by atoms with E-state index >= 15 is 0 Å². The predicted molar refractivity (Wildman–Crippen MR) is 62.1 cm³/mol. The number of esters is 1. The largest absolute Gasteiger partial charge is 0.468 e. The average Bonchev–Trinajstić information content (AvgIpc) is 2.36. The van der Waals surface area contributed by atoms with E-state index in [1.54, 1.807) is 6.08 Å². The van der Waals surface area contributed by atoms with E-state index in [1.165, 1.54) is 7.11 Å². The van der Waals surface area contributed by atoms with Gasteiger partial charge in [0.25, 0.3) is 0 Å². The molecule has 3 aliphatic rings. The number of rotatable bonds is 4. The molecule has 16 heavy (non-hydrogen) atoms. The maximum atomic E-state index is 12.0. The Morgan fingerprint density at radius 1 is 1.62 bits per heavy atom. The number of piperidine rings is 3. The van der Waals surface area contributed by atoms with Crippen LogP contribution in [0.15, 0.2) is 12.7 Å². The summed E-state index contributed by atoms with van der Waals surface area (Å²) in [5, 5.41) is 3.33. The maximum absolute atomic E-state index is 12.0. The van der Waals surface area contributed by atoms with Gasteiger partial charge >= 0.3 is 5.97 Å². The Labute approximate surface area is 96.6 Å². The Balaban J connectivity index is 2.19. The molecule has 1 unspecified atom stereocenters. The first-order valence-corrected chi connectivity index (χ1v) is 5.89. The van der Waals surface area contributed by atoms with Crippen LogP contribution in [0.2, 0.25) is 0 Å². The molecule has 3 fully saturated rings. The Morgan fingerprint density at radius 2 is 2.31 bits per heavy atom. The maximum Gasteiger partial charge on any atom is 0.327 e. The van der Waals surface area contributed by atoms with Crippen LogP contribution in [0.4, 0.5) is 0 Å². The third-order valence-corrected chi connectivity index (χ3v) is 3.87. The number of methoxy groups -OCH3 is 1. The van der Waals surface area contributed by atoms with Crippen LogP contribution >= 0.6 is 0 Å². The number of hydrogen-bond donors (Lipinski definition) is 1. The van der Waals surface area contributed by atoms with Crippen molar-refractivity contribution in [3.8, 4) is 0 Å². The molecule has 0 saturated carbocycles. The Morgan fingerprint density at radius 3 is 2.75 bits per heavy atom. The molecule has 90 valence electrons. The summed E-state index contributed by atoms with van der Waals surface area (Å²) in [7, 11) is 1.47. The summed E-state index contributed by atoms with van der Waals surface area (Å²) < 4.78 is 4.98. The molecule has 3 heterocycles. The molecule has 0 amide bonds. The van der Waals surface area contributed by atoms with Crippen LogP contribution in [-0.2, 0) is 9.53 Å². The van der Waals surface area contributed by atoms with Gasteiger partial charge in [0.15, 0.2) is 0 Å². The van der Waals surface area contributed by atoms with Gasteiger partial charge in [-0.15, -0.1) is 6.58 Å². The Kier molecular flexibility index (Phi) is 3.30. The van der Waals surface area contributed by atoms with Crippen LogP contribution < -0.4 is 5.32 Å². The van der Waals surface area contributed by atoms with Crippen LogP contribution in [0.3, 0.4) is 0 Å². The molecule has 0 aromatic carbocycles. The summed E-state index contributed by atoms with van der Waals surface area (Å²) in [6.07, 6.45) is 3.96. The second-order valence-electron chi connectivity index (χ2n) is 4.68. The number of nitrogens with one attached hydrogen (secondary N) is 1. The topological polar surface area (TPSA) is 41.6 Å². The second-order valence-corrected chi connectivity index (χ2v) is 4.68. The highest BCUT2D eigenvalue weighted by Crippen LogP contribution is 2.36. The fraction of sp³-hybridized carbons (Fsp3) is 0.750. The highest BCUT2D eigenvalue weighted by atomic mass is 16.5. The summed E-state index contributed by atoms with van der Waals surface area (Å²) in [5.41, 5.74) is -0.501. The molecule has 1 atom stereocenters. The molecule has 3 rings (SSSR count). The van der Waals surface area contributed by atoms with Gasteiger partial charge in [-0.3, -0.25) is 5.32 Å². The van der Waals surface area contributed by atoms with Crippen molar-refractivity contribution in [3.05, 3.63) is 12.7 Å². The van der Waals surface area contributed by atoms with E-state index in [0.717, 1.165) is 32.5 Å². The predicted octanol–water partition coefficient (Wildman–Crippen LogP) is 0.399. The Bertz CT molecular complexity index is 285. The molecular weight excluding hydrogens is 204 g/mol. The standard InChI is InChI=1S/C12H20N2O2/c1-3-6-13-12(11(15)16-2)9-14-7-4-10(12)5-8-14/h3,10,13H,1,4-9H2,2H3. The van der Waals surface area contributed by atoms with Crippen LogP contribution in [0.1, 0.15) is 12.8 Å². The van der Waals surface area contributed by atoms with Gasteiger partial charge in [0.1, 0.15) is 5.54 Å². The van der Waals surface area contributed by atoms with Gasteiger partial charge in [0.05, 0.1) is 7.11 Å². The zero-order valence-electron chi connectivity index (χ0n) is 9.87. The quantitative estimate of drug-likeness (QED) is 0.554. The molecule has 0 aromatic rings. The number of nitrogens with zero attached hydrogens (tertiary/aromatic N) is 1. The molecule has 0 spiro atoms. The lowest BCUT2D eigenvalue weighted by Gasteiger charge is -2.51. The van der Waals surface area contributed by atoms with Crippen molar-refractivity contribution in [3.63, 3.8) is 0 Å². The lowest BCUT2D eigenvalue weighted by Crippen LogP contribution is -2.70. The molecule has 0 aliphatic carbocycles. The highest BCUT2D eigenvalue weighted by molar-refractivity contribution is 5.82. The van der Waals surface area contributed by atoms with Gasteiger partial charge < -0.3 is 9.64 Å². The molecule has 1 N–H and O–H groups in total. The van der Waals surface area contributed by atoms with Gasteiger partial charge in [0.2, 0.25) is 0 Å². The fourth-order valence-corrected chi connectivity index (χ4v) is 3.01. The SMILES string of the molecule is C=CCNC1(C(=O)OC)CN2CCC1CC2. The Hall–Kier alpha value is -0.870. The first-order valence-electron chi connectivity index (χ1n) is 5.89. The summed E-state index contributed by atoms with van der Waals surface area (Å²) in [5.74, 6) is 0.286. The van der Waals surface area contributed by atoms with E-state index < -0.39 is 5.54 Å². The minimum absolute atomic E-state index is 0.122. The third-order valence-electron chi connectivity index (χ3n) is 3.87. The van der Waals surface area contributed by atoms with Crippen LogP contribution in [0, 0.1) is 5.92 Å². The lowest BCUT2D eigenvalue weighted by atomic mass is 9.72. The number of hydrogen-bond acceptors (Lipinski definition) is 4. The second kappa shape index (κ2) is 4.55. The smallest absolute Gasteiger partial charge is 0.327 e. The molecule has 4 heteroatoms.